The van der Waals surface area contributed by atoms with Gasteiger partial charge in [-0.1, -0.05) is 159 Å². The molecule has 0 fully saturated rings. The van der Waals surface area contributed by atoms with Crippen molar-refractivity contribution in [1.82, 2.24) is 5.32 Å². The molecule has 0 aromatic carbocycles. The average Bonchev–Trinajstić information content (AvgIpc) is 3.01. The maximum absolute atomic E-state index is 12.4. The third-order valence-electron chi connectivity index (χ3n) is 8.54. The standard InChI is InChI=1S/C39H73NO5S/c1-3-5-7-9-11-13-15-17-18-19-20-21-22-23-24-26-28-30-32-34-38(41)37(36-46(43,44)45)40-39(42)35-33-31-29-27-25-16-14-12-10-8-6-4-2/h12,14,24,26,32,34,37-38,41H,3-11,13,15-23,25,27-31,33,35-36H2,1-2H3,(H,40,42)(H,43,44,45)/b14-12-,26-24+,34-32+. The largest absolute Gasteiger partial charge is 0.387 e. The van der Waals surface area contributed by atoms with E-state index in [4.69, 9.17) is 0 Å². The number of aliphatic hydroxyl groups is 1. The Morgan fingerprint density at radius 3 is 1.41 bits per heavy atom. The Kier molecular flexibility index (Phi) is 32.4. The van der Waals surface area contributed by atoms with Crippen LogP contribution in [0, 0.1) is 0 Å². The Morgan fingerprint density at radius 1 is 0.565 bits per heavy atom. The fraction of sp³-hybridized carbons (Fsp3) is 0.821. The molecule has 0 saturated carbocycles. The molecule has 0 saturated heterocycles. The first-order chi connectivity index (χ1) is 22.3. The minimum Gasteiger partial charge on any atom is -0.387 e. The summed E-state index contributed by atoms with van der Waals surface area (Å²) in [6.45, 7) is 4.48. The number of allylic oxidation sites excluding steroid dienone is 5. The molecule has 0 aromatic rings. The first kappa shape index (κ1) is 44.6. The molecular weight excluding hydrogens is 594 g/mol. The van der Waals surface area contributed by atoms with Crippen LogP contribution < -0.4 is 5.32 Å². The molecule has 0 rings (SSSR count). The van der Waals surface area contributed by atoms with Crippen LogP contribution in [0.4, 0.5) is 0 Å². The van der Waals surface area contributed by atoms with Gasteiger partial charge in [0.05, 0.1) is 17.9 Å². The summed E-state index contributed by atoms with van der Waals surface area (Å²) in [5.74, 6) is -1.01. The van der Waals surface area contributed by atoms with E-state index in [-0.39, 0.29) is 12.3 Å². The van der Waals surface area contributed by atoms with Gasteiger partial charge in [-0.05, 0) is 57.8 Å². The molecule has 0 aliphatic carbocycles. The normalized spacial score (nSPS) is 13.7. The quantitative estimate of drug-likeness (QED) is 0.0360. The number of rotatable bonds is 34. The number of hydrogen-bond donors (Lipinski definition) is 3. The zero-order chi connectivity index (χ0) is 34.0. The Labute approximate surface area is 285 Å². The van der Waals surface area contributed by atoms with Crippen LogP contribution in [-0.4, -0.2) is 41.9 Å². The van der Waals surface area contributed by atoms with Crippen molar-refractivity contribution in [2.45, 2.75) is 199 Å². The van der Waals surface area contributed by atoms with Crippen LogP contribution in [0.25, 0.3) is 0 Å². The van der Waals surface area contributed by atoms with Crippen molar-refractivity contribution in [3.05, 3.63) is 36.5 Å². The molecule has 6 nitrogen and oxygen atoms in total. The molecule has 270 valence electrons. The summed E-state index contributed by atoms with van der Waals surface area (Å²) < 4.78 is 32.4. The zero-order valence-electron chi connectivity index (χ0n) is 29.9. The number of carbonyl (C=O) groups excluding carboxylic acids is 1. The van der Waals surface area contributed by atoms with Crippen molar-refractivity contribution >= 4 is 16.0 Å². The number of carbonyl (C=O) groups is 1. The molecule has 3 N–H and O–H groups in total. The summed E-state index contributed by atoms with van der Waals surface area (Å²) >= 11 is 0. The lowest BCUT2D eigenvalue weighted by atomic mass is 10.0. The van der Waals surface area contributed by atoms with Gasteiger partial charge in [-0.2, -0.15) is 8.42 Å². The highest BCUT2D eigenvalue weighted by Gasteiger charge is 2.24. The number of unbranched alkanes of at least 4 members (excludes halogenated alkanes) is 22. The highest BCUT2D eigenvalue weighted by atomic mass is 32.2. The minimum absolute atomic E-state index is 0.278. The summed E-state index contributed by atoms with van der Waals surface area (Å²) in [5.41, 5.74) is 0. The highest BCUT2D eigenvalue weighted by molar-refractivity contribution is 7.85. The first-order valence-corrected chi connectivity index (χ1v) is 20.8. The molecule has 0 aliphatic rings. The molecule has 2 atom stereocenters. The third-order valence-corrected chi connectivity index (χ3v) is 9.32. The Bertz CT molecular complexity index is 868. The molecule has 0 aromatic heterocycles. The van der Waals surface area contributed by atoms with Crippen LogP contribution in [-0.2, 0) is 14.9 Å². The van der Waals surface area contributed by atoms with Crippen molar-refractivity contribution in [1.29, 1.82) is 0 Å². The highest BCUT2D eigenvalue weighted by Crippen LogP contribution is 2.14. The topological polar surface area (TPSA) is 104 Å². The van der Waals surface area contributed by atoms with Crippen molar-refractivity contribution in [2.24, 2.45) is 0 Å². The van der Waals surface area contributed by atoms with Crippen molar-refractivity contribution < 1.29 is 22.9 Å². The molecule has 0 aliphatic heterocycles. The van der Waals surface area contributed by atoms with Gasteiger partial charge in [0.15, 0.2) is 0 Å². The van der Waals surface area contributed by atoms with E-state index in [2.05, 4.69) is 43.5 Å². The molecule has 2 unspecified atom stereocenters. The maximum Gasteiger partial charge on any atom is 0.267 e. The van der Waals surface area contributed by atoms with Crippen LogP contribution in [0.3, 0.4) is 0 Å². The average molecular weight is 668 g/mol. The fourth-order valence-electron chi connectivity index (χ4n) is 5.64. The first-order valence-electron chi connectivity index (χ1n) is 19.2. The van der Waals surface area contributed by atoms with Crippen molar-refractivity contribution in [2.75, 3.05) is 5.75 Å². The molecular formula is C39H73NO5S. The number of amides is 1. The number of nitrogens with one attached hydrogen (secondary N) is 1. The van der Waals surface area contributed by atoms with E-state index in [1.54, 1.807) is 0 Å². The second kappa shape index (κ2) is 33.5. The van der Waals surface area contributed by atoms with Gasteiger partial charge >= 0.3 is 0 Å². The zero-order valence-corrected chi connectivity index (χ0v) is 30.8. The van der Waals surface area contributed by atoms with Crippen molar-refractivity contribution in [3.63, 3.8) is 0 Å². The molecule has 0 spiro atoms. The van der Waals surface area contributed by atoms with Gasteiger partial charge < -0.3 is 10.4 Å². The molecule has 0 bridgehead atoms. The lowest BCUT2D eigenvalue weighted by Gasteiger charge is -2.21. The maximum atomic E-state index is 12.4. The summed E-state index contributed by atoms with van der Waals surface area (Å²) in [7, 11) is -4.35. The lowest BCUT2D eigenvalue weighted by Crippen LogP contribution is -2.46. The van der Waals surface area contributed by atoms with Gasteiger partial charge in [0.1, 0.15) is 0 Å². The van der Waals surface area contributed by atoms with Crippen LogP contribution in [0.15, 0.2) is 36.5 Å². The van der Waals surface area contributed by atoms with E-state index >= 15 is 0 Å². The van der Waals surface area contributed by atoms with Gasteiger partial charge in [0.25, 0.3) is 10.1 Å². The van der Waals surface area contributed by atoms with Gasteiger partial charge in [-0.25, -0.2) is 0 Å². The molecule has 1 amide bonds. The fourth-order valence-corrected chi connectivity index (χ4v) is 6.37. The summed E-state index contributed by atoms with van der Waals surface area (Å²) in [4.78, 5) is 12.4. The van der Waals surface area contributed by atoms with Crippen molar-refractivity contribution in [3.8, 4) is 0 Å². The third kappa shape index (κ3) is 33.9. The molecule has 7 heteroatoms. The van der Waals surface area contributed by atoms with E-state index in [9.17, 15) is 22.9 Å². The minimum atomic E-state index is -4.35. The number of hydrogen-bond acceptors (Lipinski definition) is 4. The lowest BCUT2D eigenvalue weighted by molar-refractivity contribution is -0.122. The van der Waals surface area contributed by atoms with E-state index in [0.29, 0.717) is 6.42 Å². The van der Waals surface area contributed by atoms with E-state index in [1.165, 1.54) is 115 Å². The molecule has 0 heterocycles. The van der Waals surface area contributed by atoms with Gasteiger partial charge in [0.2, 0.25) is 5.91 Å². The SMILES string of the molecule is CCCCC/C=C\CCCCCCCC(=O)NC(CS(=O)(=O)O)C(O)/C=C/CC/C=C/CCCCCCCCCCCCCCC. The predicted octanol–water partition coefficient (Wildman–Crippen LogP) is 11.0. The van der Waals surface area contributed by atoms with Crippen LogP contribution in [0.1, 0.15) is 187 Å². The van der Waals surface area contributed by atoms with Gasteiger partial charge in [-0.3, -0.25) is 9.35 Å². The molecule has 0 radical (unpaired) electrons. The molecule has 46 heavy (non-hydrogen) atoms. The van der Waals surface area contributed by atoms with Crippen LogP contribution >= 0.6 is 0 Å². The van der Waals surface area contributed by atoms with E-state index in [0.717, 1.165) is 51.4 Å². The summed E-state index contributed by atoms with van der Waals surface area (Å²) in [6, 6.07) is -1.08. The Balaban J connectivity index is 4.00. The van der Waals surface area contributed by atoms with Crippen LogP contribution in [0.5, 0.6) is 0 Å². The summed E-state index contributed by atoms with van der Waals surface area (Å²) in [5, 5.41) is 13.2. The predicted molar refractivity (Wildman–Crippen MR) is 198 cm³/mol. The Morgan fingerprint density at radius 2 is 0.935 bits per heavy atom. The number of aliphatic hydroxyl groups excluding tert-OH is 1. The van der Waals surface area contributed by atoms with E-state index in [1.807, 2.05) is 6.08 Å². The van der Waals surface area contributed by atoms with Gasteiger partial charge in [0, 0.05) is 6.42 Å². The van der Waals surface area contributed by atoms with Gasteiger partial charge in [-0.15, -0.1) is 0 Å². The second-order valence-corrected chi connectivity index (χ2v) is 14.7. The Hall–Kier alpha value is -1.44. The monoisotopic (exact) mass is 668 g/mol. The van der Waals surface area contributed by atoms with Crippen LogP contribution in [0.2, 0.25) is 0 Å². The smallest absolute Gasteiger partial charge is 0.267 e. The summed E-state index contributed by atoms with van der Waals surface area (Å²) in [6.07, 6.45) is 42.8. The second-order valence-electron chi connectivity index (χ2n) is 13.2. The van der Waals surface area contributed by atoms with E-state index < -0.39 is 28.0 Å².